The number of amides is 1. The van der Waals surface area contributed by atoms with Crippen LogP contribution in [0.3, 0.4) is 0 Å². The van der Waals surface area contributed by atoms with E-state index < -0.39 is 0 Å². The van der Waals surface area contributed by atoms with E-state index in [0.29, 0.717) is 23.6 Å². The molecular formula is C12H15NO3S. The average molecular weight is 253 g/mol. The summed E-state index contributed by atoms with van der Waals surface area (Å²) in [7, 11) is 0. The molecule has 1 N–H and O–H groups in total. The van der Waals surface area contributed by atoms with E-state index in [1.807, 2.05) is 6.26 Å². The summed E-state index contributed by atoms with van der Waals surface area (Å²) in [6, 6.07) is 6.63. The number of carbonyl (C=O) groups is 2. The summed E-state index contributed by atoms with van der Waals surface area (Å²) in [5.74, 6) is 0.00970. The predicted molar refractivity (Wildman–Crippen MR) is 69.4 cm³/mol. The molecule has 0 spiro atoms. The zero-order chi connectivity index (χ0) is 12.7. The van der Waals surface area contributed by atoms with Crippen LogP contribution in [-0.4, -0.2) is 30.5 Å². The Morgan fingerprint density at radius 3 is 2.47 bits per heavy atom. The normalized spacial score (nSPS) is 9.76. The Morgan fingerprint density at radius 2 is 1.94 bits per heavy atom. The van der Waals surface area contributed by atoms with Crippen molar-refractivity contribution in [1.29, 1.82) is 0 Å². The largest absolute Gasteiger partial charge is 0.462 e. The molecule has 0 fully saturated rings. The van der Waals surface area contributed by atoms with Gasteiger partial charge in [-0.05, 0) is 37.4 Å². The lowest BCUT2D eigenvalue weighted by molar-refractivity contribution is -0.113. The fraction of sp³-hybridized carbons (Fsp3) is 0.333. The Bertz CT molecular complexity index is 389. The fourth-order valence-corrected chi connectivity index (χ4v) is 1.57. The summed E-state index contributed by atoms with van der Waals surface area (Å²) in [5, 5.41) is 2.73. The summed E-state index contributed by atoms with van der Waals surface area (Å²) < 4.78 is 4.86. The number of rotatable bonds is 5. The standard InChI is InChI=1S/C12H15NO3S/c1-3-16-12(15)9-4-6-10(7-5-9)13-11(14)8-17-2/h4-7H,3,8H2,1-2H3,(H,13,14). The topological polar surface area (TPSA) is 55.4 Å². The van der Waals surface area contributed by atoms with Crippen LogP contribution >= 0.6 is 11.8 Å². The minimum atomic E-state index is -0.352. The highest BCUT2D eigenvalue weighted by molar-refractivity contribution is 7.99. The van der Waals surface area contributed by atoms with Crippen LogP contribution in [0, 0.1) is 0 Å². The van der Waals surface area contributed by atoms with Gasteiger partial charge in [0.15, 0.2) is 0 Å². The number of hydrogen-bond donors (Lipinski definition) is 1. The summed E-state index contributed by atoms with van der Waals surface area (Å²) in [6.45, 7) is 2.11. The molecule has 0 unspecified atom stereocenters. The van der Waals surface area contributed by atoms with Gasteiger partial charge in [-0.3, -0.25) is 4.79 Å². The van der Waals surface area contributed by atoms with Crippen molar-refractivity contribution in [2.24, 2.45) is 0 Å². The number of hydrogen-bond acceptors (Lipinski definition) is 4. The first-order valence-corrected chi connectivity index (χ1v) is 6.62. The molecule has 92 valence electrons. The molecular weight excluding hydrogens is 238 g/mol. The van der Waals surface area contributed by atoms with E-state index in [4.69, 9.17) is 4.74 Å². The Kier molecular flexibility index (Phi) is 5.56. The van der Waals surface area contributed by atoms with Gasteiger partial charge in [0.2, 0.25) is 5.91 Å². The van der Waals surface area contributed by atoms with Crippen molar-refractivity contribution in [3.8, 4) is 0 Å². The van der Waals surface area contributed by atoms with Gasteiger partial charge in [0.05, 0.1) is 17.9 Å². The zero-order valence-corrected chi connectivity index (χ0v) is 10.7. The van der Waals surface area contributed by atoms with Crippen LogP contribution in [0.5, 0.6) is 0 Å². The monoisotopic (exact) mass is 253 g/mol. The molecule has 17 heavy (non-hydrogen) atoms. The molecule has 1 rings (SSSR count). The lowest BCUT2D eigenvalue weighted by Crippen LogP contribution is -2.13. The smallest absolute Gasteiger partial charge is 0.338 e. The van der Waals surface area contributed by atoms with Gasteiger partial charge in [0.1, 0.15) is 0 Å². The first kappa shape index (κ1) is 13.6. The minimum absolute atomic E-state index is 0.0543. The van der Waals surface area contributed by atoms with Gasteiger partial charge in [-0.15, -0.1) is 0 Å². The summed E-state index contributed by atoms with van der Waals surface area (Å²) in [5.41, 5.74) is 1.16. The van der Waals surface area contributed by atoms with Gasteiger partial charge in [0, 0.05) is 5.69 Å². The van der Waals surface area contributed by atoms with E-state index in [1.165, 1.54) is 11.8 Å². The number of benzene rings is 1. The number of carbonyl (C=O) groups excluding carboxylic acids is 2. The quantitative estimate of drug-likeness (QED) is 0.817. The number of esters is 1. The Morgan fingerprint density at radius 1 is 1.29 bits per heavy atom. The van der Waals surface area contributed by atoms with Gasteiger partial charge >= 0.3 is 5.97 Å². The van der Waals surface area contributed by atoms with Crippen molar-refractivity contribution in [3.05, 3.63) is 29.8 Å². The van der Waals surface area contributed by atoms with Crippen LogP contribution in [0.1, 0.15) is 17.3 Å². The van der Waals surface area contributed by atoms with Gasteiger partial charge in [0.25, 0.3) is 0 Å². The summed E-state index contributed by atoms with van der Waals surface area (Å²) in [4.78, 5) is 22.7. The van der Waals surface area contributed by atoms with Crippen molar-refractivity contribution in [2.45, 2.75) is 6.92 Å². The Hall–Kier alpha value is -1.49. The van der Waals surface area contributed by atoms with Crippen LogP contribution in [0.15, 0.2) is 24.3 Å². The van der Waals surface area contributed by atoms with Gasteiger partial charge in [-0.1, -0.05) is 0 Å². The maximum absolute atomic E-state index is 11.4. The SMILES string of the molecule is CCOC(=O)c1ccc(NC(=O)CSC)cc1. The molecule has 0 heterocycles. The summed E-state index contributed by atoms with van der Waals surface area (Å²) in [6.07, 6.45) is 1.86. The van der Waals surface area contributed by atoms with Crippen molar-refractivity contribution in [3.63, 3.8) is 0 Å². The van der Waals surface area contributed by atoms with Gasteiger partial charge < -0.3 is 10.1 Å². The molecule has 5 heteroatoms. The third kappa shape index (κ3) is 4.48. The number of ether oxygens (including phenoxy) is 1. The highest BCUT2D eigenvalue weighted by Gasteiger charge is 2.06. The predicted octanol–water partition coefficient (Wildman–Crippen LogP) is 2.16. The molecule has 0 aromatic heterocycles. The molecule has 0 saturated carbocycles. The Balaban J connectivity index is 2.61. The van der Waals surface area contributed by atoms with E-state index in [9.17, 15) is 9.59 Å². The van der Waals surface area contributed by atoms with Crippen molar-refractivity contribution < 1.29 is 14.3 Å². The molecule has 4 nitrogen and oxygen atoms in total. The molecule has 0 aliphatic heterocycles. The van der Waals surface area contributed by atoms with E-state index in [1.54, 1.807) is 31.2 Å². The highest BCUT2D eigenvalue weighted by atomic mass is 32.2. The van der Waals surface area contributed by atoms with E-state index >= 15 is 0 Å². The van der Waals surface area contributed by atoms with Crippen LogP contribution in [0.2, 0.25) is 0 Å². The second-order valence-corrected chi connectivity index (χ2v) is 4.15. The van der Waals surface area contributed by atoms with Crippen molar-refractivity contribution >= 4 is 29.3 Å². The zero-order valence-electron chi connectivity index (χ0n) is 9.86. The number of nitrogens with one attached hydrogen (secondary N) is 1. The van der Waals surface area contributed by atoms with Crippen LogP contribution in [0.4, 0.5) is 5.69 Å². The van der Waals surface area contributed by atoms with Crippen molar-refractivity contribution in [2.75, 3.05) is 23.9 Å². The van der Waals surface area contributed by atoms with E-state index in [2.05, 4.69) is 5.32 Å². The van der Waals surface area contributed by atoms with Gasteiger partial charge in [-0.25, -0.2) is 4.79 Å². The highest BCUT2D eigenvalue weighted by Crippen LogP contribution is 2.11. The molecule has 1 aromatic rings. The lowest BCUT2D eigenvalue weighted by Gasteiger charge is -2.05. The second-order valence-electron chi connectivity index (χ2n) is 3.28. The molecule has 0 aliphatic carbocycles. The van der Waals surface area contributed by atoms with Crippen LogP contribution in [-0.2, 0) is 9.53 Å². The third-order valence-corrected chi connectivity index (χ3v) is 2.51. The number of thioether (sulfide) groups is 1. The molecule has 1 aromatic carbocycles. The molecule has 1 amide bonds. The first-order chi connectivity index (χ1) is 8.17. The Labute approximate surface area is 105 Å². The van der Waals surface area contributed by atoms with Crippen LogP contribution < -0.4 is 5.32 Å². The molecule has 0 bridgehead atoms. The maximum atomic E-state index is 11.4. The minimum Gasteiger partial charge on any atom is -0.462 e. The van der Waals surface area contributed by atoms with Gasteiger partial charge in [-0.2, -0.15) is 11.8 Å². The number of anilines is 1. The van der Waals surface area contributed by atoms with E-state index in [0.717, 1.165) is 0 Å². The molecule has 0 aliphatic rings. The molecule has 0 radical (unpaired) electrons. The molecule has 0 atom stereocenters. The fourth-order valence-electron chi connectivity index (χ4n) is 1.23. The maximum Gasteiger partial charge on any atom is 0.338 e. The van der Waals surface area contributed by atoms with E-state index in [-0.39, 0.29) is 11.9 Å². The lowest BCUT2D eigenvalue weighted by atomic mass is 10.2. The second kappa shape index (κ2) is 6.96. The average Bonchev–Trinajstić information content (AvgIpc) is 2.30. The summed E-state index contributed by atoms with van der Waals surface area (Å²) >= 11 is 1.46. The van der Waals surface area contributed by atoms with Crippen molar-refractivity contribution in [1.82, 2.24) is 0 Å². The molecule has 0 saturated heterocycles. The van der Waals surface area contributed by atoms with Crippen LogP contribution in [0.25, 0.3) is 0 Å². The first-order valence-electron chi connectivity index (χ1n) is 5.23. The third-order valence-electron chi connectivity index (χ3n) is 1.96.